The summed E-state index contributed by atoms with van der Waals surface area (Å²) in [7, 11) is 0. The van der Waals surface area contributed by atoms with E-state index in [1.54, 1.807) is 0 Å². The van der Waals surface area contributed by atoms with Gasteiger partial charge in [-0.15, -0.1) is 0 Å². The van der Waals surface area contributed by atoms with Crippen LogP contribution in [0.4, 0.5) is 0 Å². The minimum absolute atomic E-state index is 0. The second-order valence-electron chi connectivity index (χ2n) is 1.64. The predicted molar refractivity (Wildman–Crippen MR) is 36.6 cm³/mol. The minimum atomic E-state index is -1.18. The molecular weight excluding hydrogens is 267 g/mol. The van der Waals surface area contributed by atoms with Crippen molar-refractivity contribution in [3.05, 3.63) is 0 Å². The second-order valence-corrected chi connectivity index (χ2v) is 2.62. The normalized spacial score (nSPS) is 10.7. The number of carboxylic acid groups (broad SMARTS) is 1. The Morgan fingerprint density at radius 2 is 2.00 bits per heavy atom. The molecule has 2 N–H and O–H groups in total. The first-order valence-electron chi connectivity index (χ1n) is 2.58. The quantitative estimate of drug-likeness (QED) is 0.720. The summed E-state index contributed by atoms with van der Waals surface area (Å²) in [5, 5.41) is 16.8. The van der Waals surface area contributed by atoms with Gasteiger partial charge in [0.05, 0.1) is 0 Å². The Balaban J connectivity index is -0.000000320. The Morgan fingerprint density at radius 1 is 1.55 bits per heavy atom. The van der Waals surface area contributed by atoms with E-state index < -0.39 is 12.1 Å². The molecule has 72 valence electrons. The van der Waals surface area contributed by atoms with Gasteiger partial charge in [-0.2, -0.15) is 11.8 Å². The van der Waals surface area contributed by atoms with Crippen LogP contribution >= 0.6 is 11.8 Å². The van der Waals surface area contributed by atoms with Crippen molar-refractivity contribution in [2.75, 3.05) is 12.0 Å². The van der Waals surface area contributed by atoms with E-state index in [4.69, 9.17) is 10.2 Å². The van der Waals surface area contributed by atoms with Gasteiger partial charge in [-0.25, -0.2) is 4.79 Å². The predicted octanol–water partition coefficient (Wildman–Crippen LogP) is 0.180. The molecule has 0 spiro atoms. The van der Waals surface area contributed by atoms with Gasteiger partial charge in [0, 0.05) is 0 Å². The zero-order valence-electron chi connectivity index (χ0n) is 5.81. The van der Waals surface area contributed by atoms with Crippen LogP contribution < -0.4 is 0 Å². The van der Waals surface area contributed by atoms with Gasteiger partial charge < -0.3 is 10.2 Å². The van der Waals surface area contributed by atoms with Crippen molar-refractivity contribution in [1.29, 1.82) is 0 Å². The summed E-state index contributed by atoms with van der Waals surface area (Å²) in [5.41, 5.74) is 0. The van der Waals surface area contributed by atoms with E-state index >= 15 is 0 Å². The number of carbonyl (C=O) groups is 1. The number of hydrogen-bond acceptors (Lipinski definition) is 3. The van der Waals surface area contributed by atoms with Gasteiger partial charge in [-0.05, 0) is 18.4 Å². The average molecular weight is 277 g/mol. The van der Waals surface area contributed by atoms with E-state index in [9.17, 15) is 4.79 Å². The first-order valence-corrected chi connectivity index (χ1v) is 3.97. The van der Waals surface area contributed by atoms with Gasteiger partial charge in [0.15, 0.2) is 6.10 Å². The summed E-state index contributed by atoms with van der Waals surface area (Å²) in [6, 6.07) is 0. The molecule has 0 saturated carbocycles. The molecule has 0 bridgehead atoms. The number of aliphatic carboxylic acids is 1. The van der Waals surface area contributed by atoms with Crippen molar-refractivity contribution in [2.45, 2.75) is 12.5 Å². The van der Waals surface area contributed by atoms with Gasteiger partial charge in [-0.3, -0.25) is 0 Å². The number of rotatable bonds is 4. The molecule has 0 aromatic heterocycles. The Hall–Kier alpha value is 0.819. The molecule has 0 amide bonds. The zero-order chi connectivity index (χ0) is 7.28. The third-order valence-electron chi connectivity index (χ3n) is 0.880. The molecule has 0 saturated heterocycles. The van der Waals surface area contributed by atoms with Gasteiger partial charge in [0.25, 0.3) is 0 Å². The van der Waals surface area contributed by atoms with Crippen molar-refractivity contribution >= 4 is 17.7 Å². The second kappa shape index (κ2) is 10.8. The van der Waals surface area contributed by atoms with Crippen LogP contribution in [0.1, 0.15) is 6.42 Å². The molecule has 3 nitrogen and oxygen atoms in total. The Morgan fingerprint density at radius 3 is 2.27 bits per heavy atom. The summed E-state index contributed by atoms with van der Waals surface area (Å²) < 4.78 is 0. The average Bonchev–Trinajstić information content (AvgIpc) is 1.82. The topological polar surface area (TPSA) is 57.5 Å². The van der Waals surface area contributed by atoms with E-state index in [-0.39, 0.29) is 34.1 Å². The molecule has 0 heterocycles. The number of carboxylic acids is 1. The Kier molecular flexibility index (Phi) is 17.5. The number of aliphatic hydroxyl groups is 1. The Bertz CT molecular complexity index is 102. The molecule has 0 fully saturated rings. The third-order valence-corrected chi connectivity index (χ3v) is 1.52. The maximum atomic E-state index is 9.95. The fourth-order valence-corrected chi connectivity index (χ4v) is 0.812. The molecule has 11 heavy (non-hydrogen) atoms. The summed E-state index contributed by atoms with van der Waals surface area (Å²) in [5.74, 6) is -0.447. The first kappa shape index (κ1) is 17.8. The van der Waals surface area contributed by atoms with E-state index in [2.05, 4.69) is 0 Å². The fraction of sp³-hybridized carbons (Fsp3) is 0.800. The van der Waals surface area contributed by atoms with Crippen LogP contribution in [0.15, 0.2) is 0 Å². The standard InChI is InChI=1S/C5H10O3S.2Cu/c1-9-3-2-4(6)5(7)8;;/h4,6H,2-3H2,1H3,(H,7,8);;/q;2*+2. The van der Waals surface area contributed by atoms with Crippen LogP contribution in [0.2, 0.25) is 0 Å². The summed E-state index contributed by atoms with van der Waals surface area (Å²) >= 11 is 1.52. The summed E-state index contributed by atoms with van der Waals surface area (Å²) in [6.07, 6.45) is 1.02. The van der Waals surface area contributed by atoms with Crippen molar-refractivity contribution in [1.82, 2.24) is 0 Å². The largest absolute Gasteiger partial charge is 2.00 e. The van der Waals surface area contributed by atoms with Crippen molar-refractivity contribution in [3.8, 4) is 0 Å². The maximum Gasteiger partial charge on any atom is 2.00 e. The fourth-order valence-electron chi connectivity index (χ4n) is 0.353. The molecule has 6 heteroatoms. The van der Waals surface area contributed by atoms with Crippen LogP contribution in [0.5, 0.6) is 0 Å². The van der Waals surface area contributed by atoms with E-state index in [1.807, 2.05) is 6.26 Å². The van der Waals surface area contributed by atoms with Gasteiger partial charge in [0.1, 0.15) is 0 Å². The molecule has 0 aliphatic rings. The molecule has 2 radical (unpaired) electrons. The first-order chi connectivity index (χ1) is 4.18. The summed E-state index contributed by atoms with van der Waals surface area (Å²) in [6.45, 7) is 0. The SMILES string of the molecule is CSCCC(O)C(=O)O.[Cu+2].[Cu+2]. The molecule has 0 aromatic carbocycles. The van der Waals surface area contributed by atoms with Crippen molar-refractivity contribution in [2.24, 2.45) is 0 Å². The zero-order valence-corrected chi connectivity index (χ0v) is 8.51. The van der Waals surface area contributed by atoms with Crippen LogP contribution in [0.25, 0.3) is 0 Å². The minimum Gasteiger partial charge on any atom is -0.479 e. The van der Waals surface area contributed by atoms with Crippen molar-refractivity contribution in [3.63, 3.8) is 0 Å². The molecular formula is C5H10Cu2O3S+4. The van der Waals surface area contributed by atoms with Gasteiger partial charge in [-0.1, -0.05) is 0 Å². The van der Waals surface area contributed by atoms with Crippen LogP contribution in [0.3, 0.4) is 0 Å². The molecule has 1 atom stereocenters. The van der Waals surface area contributed by atoms with Gasteiger partial charge in [0.2, 0.25) is 0 Å². The van der Waals surface area contributed by atoms with Crippen LogP contribution in [-0.2, 0) is 38.9 Å². The van der Waals surface area contributed by atoms with Crippen LogP contribution in [0, 0.1) is 0 Å². The molecule has 0 aromatic rings. The van der Waals surface area contributed by atoms with E-state index in [0.717, 1.165) is 0 Å². The van der Waals surface area contributed by atoms with Gasteiger partial charge >= 0.3 is 40.1 Å². The molecule has 0 rings (SSSR count). The number of aliphatic hydroxyl groups excluding tert-OH is 1. The van der Waals surface area contributed by atoms with Crippen LogP contribution in [-0.4, -0.2) is 34.3 Å². The molecule has 0 aliphatic carbocycles. The number of thioether (sulfide) groups is 1. The third kappa shape index (κ3) is 10.8. The molecule has 1 unspecified atom stereocenters. The smallest absolute Gasteiger partial charge is 0.479 e. The Labute approximate surface area is 91.3 Å². The maximum absolute atomic E-state index is 9.95. The number of hydrogen-bond donors (Lipinski definition) is 2. The molecule has 0 aliphatic heterocycles. The van der Waals surface area contributed by atoms with E-state index in [0.29, 0.717) is 12.2 Å². The van der Waals surface area contributed by atoms with E-state index in [1.165, 1.54) is 11.8 Å². The van der Waals surface area contributed by atoms with Crippen molar-refractivity contribution < 1.29 is 49.1 Å². The monoisotopic (exact) mass is 276 g/mol. The summed E-state index contributed by atoms with van der Waals surface area (Å²) in [4.78, 5) is 9.95.